The van der Waals surface area contributed by atoms with Crippen LogP contribution in [0.1, 0.15) is 5.56 Å². The maximum absolute atomic E-state index is 10.1. The number of carbonyl (C=O) groups is 1. The fourth-order valence-electron chi connectivity index (χ4n) is 1.44. The zero-order valence-electron chi connectivity index (χ0n) is 8.42. The molecular formula is C12H10N2O2. The molecule has 0 aliphatic rings. The second-order valence-electron chi connectivity index (χ2n) is 3.20. The average Bonchev–Trinajstić information content (AvgIpc) is 2.33. The van der Waals surface area contributed by atoms with E-state index in [2.05, 4.69) is 10.3 Å². The maximum atomic E-state index is 10.1. The van der Waals surface area contributed by atoms with Crippen molar-refractivity contribution in [2.45, 2.75) is 0 Å². The van der Waals surface area contributed by atoms with Crippen LogP contribution in [0, 0.1) is 0 Å². The van der Waals surface area contributed by atoms with Gasteiger partial charge < -0.3 is 10.4 Å². The fraction of sp³-hybridized carbons (Fsp3) is 0. The summed E-state index contributed by atoms with van der Waals surface area (Å²) in [5.74, 6) is 0.162. The van der Waals surface area contributed by atoms with Crippen LogP contribution >= 0.6 is 0 Å². The molecule has 2 N–H and O–H groups in total. The number of rotatable bonds is 3. The molecular weight excluding hydrogens is 204 g/mol. The number of benzene rings is 1. The second kappa shape index (κ2) is 4.44. The van der Waals surface area contributed by atoms with Crippen molar-refractivity contribution in [3.05, 3.63) is 42.2 Å². The number of nitrogens with zero attached hydrogens (tertiary/aromatic N) is 1. The monoisotopic (exact) mass is 214 g/mol. The third kappa shape index (κ3) is 1.86. The number of carbonyl (C=O) groups excluding carboxylic acids is 1. The summed E-state index contributed by atoms with van der Waals surface area (Å²) in [4.78, 5) is 14.2. The lowest BCUT2D eigenvalue weighted by Gasteiger charge is -2.03. The maximum Gasteiger partial charge on any atom is 0.211 e. The highest BCUT2D eigenvalue weighted by molar-refractivity contribution is 5.88. The Morgan fingerprint density at radius 2 is 2.12 bits per heavy atom. The van der Waals surface area contributed by atoms with Crippen molar-refractivity contribution in [1.29, 1.82) is 0 Å². The molecule has 0 saturated carbocycles. The van der Waals surface area contributed by atoms with Crippen molar-refractivity contribution in [1.82, 2.24) is 10.3 Å². The molecule has 0 unspecified atom stereocenters. The largest absolute Gasteiger partial charge is 0.507 e. The third-order valence-corrected chi connectivity index (χ3v) is 2.20. The Hall–Kier alpha value is -2.36. The van der Waals surface area contributed by atoms with E-state index >= 15 is 0 Å². The van der Waals surface area contributed by atoms with Gasteiger partial charge in [0.1, 0.15) is 5.75 Å². The van der Waals surface area contributed by atoms with E-state index in [1.807, 2.05) is 18.2 Å². The highest BCUT2D eigenvalue weighted by Gasteiger charge is 2.03. The Labute approximate surface area is 92.2 Å². The second-order valence-corrected chi connectivity index (χ2v) is 3.20. The van der Waals surface area contributed by atoms with Crippen LogP contribution in [0.3, 0.4) is 0 Å². The third-order valence-electron chi connectivity index (χ3n) is 2.20. The van der Waals surface area contributed by atoms with Crippen LogP contribution in [0.5, 0.6) is 5.75 Å². The van der Waals surface area contributed by atoms with Crippen LogP contribution in [-0.4, -0.2) is 16.5 Å². The summed E-state index contributed by atoms with van der Waals surface area (Å²) in [5, 5.41) is 13.0. The zero-order chi connectivity index (χ0) is 11.4. The molecule has 0 aliphatic heterocycles. The topological polar surface area (TPSA) is 62.2 Å². The molecule has 0 bridgehead atoms. The van der Waals surface area contributed by atoms with E-state index in [1.54, 1.807) is 18.3 Å². The highest BCUT2D eigenvalue weighted by Crippen LogP contribution is 2.27. The molecule has 4 heteroatoms. The number of hydrogen-bond acceptors (Lipinski definition) is 3. The fourth-order valence-corrected chi connectivity index (χ4v) is 1.44. The summed E-state index contributed by atoms with van der Waals surface area (Å²) >= 11 is 0. The standard InChI is InChI=1S/C12H10N2O2/c15-8-13-6-5-9-7-14-11-4-2-1-3-10(11)12(9)16/h1-8H,(H,13,15)(H,14,16). The minimum absolute atomic E-state index is 0.162. The number of aromatic hydroxyl groups is 1. The molecule has 2 rings (SSSR count). The van der Waals surface area contributed by atoms with Crippen molar-refractivity contribution in [3.8, 4) is 5.75 Å². The van der Waals surface area contributed by atoms with Gasteiger partial charge in [0.05, 0.1) is 5.52 Å². The van der Waals surface area contributed by atoms with E-state index in [0.717, 1.165) is 5.52 Å². The highest BCUT2D eigenvalue weighted by atomic mass is 16.3. The van der Waals surface area contributed by atoms with Gasteiger partial charge in [0, 0.05) is 23.3 Å². The molecule has 0 radical (unpaired) electrons. The predicted octanol–water partition coefficient (Wildman–Crippen LogP) is 1.66. The number of nitrogens with one attached hydrogen (secondary N) is 1. The van der Waals surface area contributed by atoms with Gasteiger partial charge >= 0.3 is 0 Å². The van der Waals surface area contributed by atoms with Gasteiger partial charge in [-0.15, -0.1) is 0 Å². The molecule has 16 heavy (non-hydrogen) atoms. The smallest absolute Gasteiger partial charge is 0.211 e. The van der Waals surface area contributed by atoms with Gasteiger partial charge in [-0.25, -0.2) is 0 Å². The van der Waals surface area contributed by atoms with Crippen molar-refractivity contribution in [2.75, 3.05) is 0 Å². The van der Waals surface area contributed by atoms with Gasteiger partial charge in [-0.1, -0.05) is 12.1 Å². The Balaban J connectivity index is 2.48. The summed E-state index contributed by atoms with van der Waals surface area (Å²) < 4.78 is 0. The summed E-state index contributed by atoms with van der Waals surface area (Å²) in [6, 6.07) is 7.31. The van der Waals surface area contributed by atoms with E-state index in [0.29, 0.717) is 17.4 Å². The van der Waals surface area contributed by atoms with E-state index in [9.17, 15) is 9.90 Å². The number of pyridine rings is 1. The number of fused-ring (bicyclic) bond motifs is 1. The summed E-state index contributed by atoms with van der Waals surface area (Å²) in [5.41, 5.74) is 1.30. The quantitative estimate of drug-likeness (QED) is 0.764. The van der Waals surface area contributed by atoms with Crippen molar-refractivity contribution < 1.29 is 9.90 Å². The first-order valence-electron chi connectivity index (χ1n) is 4.76. The molecule has 1 aromatic heterocycles. The molecule has 0 atom stereocenters. The van der Waals surface area contributed by atoms with Crippen LogP contribution in [0.15, 0.2) is 36.7 Å². The Morgan fingerprint density at radius 1 is 1.31 bits per heavy atom. The number of amides is 1. The Morgan fingerprint density at radius 3 is 2.94 bits per heavy atom. The SMILES string of the molecule is O=CNC=Cc1cnc2ccccc2c1O. The average molecular weight is 214 g/mol. The van der Waals surface area contributed by atoms with Gasteiger partial charge in [0.15, 0.2) is 0 Å². The van der Waals surface area contributed by atoms with Crippen molar-refractivity contribution in [3.63, 3.8) is 0 Å². The Kier molecular flexibility index (Phi) is 2.82. The van der Waals surface area contributed by atoms with Crippen LogP contribution in [0.2, 0.25) is 0 Å². The van der Waals surface area contributed by atoms with Crippen molar-refractivity contribution in [2.24, 2.45) is 0 Å². The molecule has 1 heterocycles. The summed E-state index contributed by atoms with van der Waals surface area (Å²) in [7, 11) is 0. The molecule has 0 aliphatic carbocycles. The van der Waals surface area contributed by atoms with Gasteiger partial charge in [-0.3, -0.25) is 9.78 Å². The number of hydrogen-bond donors (Lipinski definition) is 2. The first kappa shape index (κ1) is 10.2. The summed E-state index contributed by atoms with van der Waals surface area (Å²) in [6.07, 6.45) is 5.14. The molecule has 1 aromatic carbocycles. The molecule has 2 aromatic rings. The molecule has 0 spiro atoms. The van der Waals surface area contributed by atoms with E-state index < -0.39 is 0 Å². The zero-order valence-corrected chi connectivity index (χ0v) is 8.42. The number of aromatic nitrogens is 1. The lowest BCUT2D eigenvalue weighted by Crippen LogP contribution is -1.98. The lowest BCUT2D eigenvalue weighted by atomic mass is 10.1. The van der Waals surface area contributed by atoms with Crippen LogP contribution in [-0.2, 0) is 4.79 Å². The molecule has 0 fully saturated rings. The van der Waals surface area contributed by atoms with Crippen molar-refractivity contribution >= 4 is 23.4 Å². The first-order valence-corrected chi connectivity index (χ1v) is 4.76. The molecule has 4 nitrogen and oxygen atoms in total. The van der Waals surface area contributed by atoms with Gasteiger partial charge in [-0.2, -0.15) is 0 Å². The molecule has 0 saturated heterocycles. The molecule has 80 valence electrons. The first-order chi connectivity index (χ1) is 7.83. The Bertz CT molecular complexity index is 550. The van der Waals surface area contributed by atoms with E-state index in [-0.39, 0.29) is 5.75 Å². The van der Waals surface area contributed by atoms with E-state index in [1.165, 1.54) is 6.20 Å². The minimum Gasteiger partial charge on any atom is -0.507 e. The predicted molar refractivity (Wildman–Crippen MR) is 61.6 cm³/mol. The lowest BCUT2D eigenvalue weighted by molar-refractivity contribution is -0.108. The summed E-state index contributed by atoms with van der Waals surface area (Å²) in [6.45, 7) is 0. The number of para-hydroxylation sites is 1. The van der Waals surface area contributed by atoms with Crippen LogP contribution < -0.4 is 5.32 Å². The van der Waals surface area contributed by atoms with Crippen LogP contribution in [0.25, 0.3) is 17.0 Å². The normalized spacial score (nSPS) is 10.8. The van der Waals surface area contributed by atoms with Gasteiger partial charge in [-0.05, 0) is 18.2 Å². The van der Waals surface area contributed by atoms with E-state index in [4.69, 9.17) is 0 Å². The van der Waals surface area contributed by atoms with Gasteiger partial charge in [0.25, 0.3) is 0 Å². The van der Waals surface area contributed by atoms with Crippen LogP contribution in [0.4, 0.5) is 0 Å². The molecule has 1 amide bonds. The minimum atomic E-state index is 0.162. The van der Waals surface area contributed by atoms with Gasteiger partial charge in [0.2, 0.25) is 6.41 Å².